The van der Waals surface area contributed by atoms with Crippen molar-refractivity contribution in [1.82, 2.24) is 0 Å². The van der Waals surface area contributed by atoms with Crippen molar-refractivity contribution < 1.29 is 4.74 Å². The molecule has 2 N–H and O–H groups in total. The van der Waals surface area contributed by atoms with E-state index in [1.807, 2.05) is 13.0 Å². The zero-order valence-electron chi connectivity index (χ0n) is 6.80. The van der Waals surface area contributed by atoms with Crippen LogP contribution in [-0.4, -0.2) is 6.61 Å². The van der Waals surface area contributed by atoms with Gasteiger partial charge in [0.25, 0.3) is 0 Å². The van der Waals surface area contributed by atoms with Crippen molar-refractivity contribution in [2.75, 3.05) is 6.61 Å². The molecule has 1 aliphatic rings. The molecule has 1 aromatic carbocycles. The van der Waals surface area contributed by atoms with E-state index in [0.717, 1.165) is 15.8 Å². The Morgan fingerprint density at radius 3 is 3.08 bits per heavy atom. The van der Waals surface area contributed by atoms with Crippen molar-refractivity contribution in [3.05, 3.63) is 27.7 Å². The summed E-state index contributed by atoms with van der Waals surface area (Å²) in [7, 11) is 0. The van der Waals surface area contributed by atoms with Gasteiger partial charge >= 0.3 is 0 Å². The van der Waals surface area contributed by atoms with E-state index in [0.29, 0.717) is 6.61 Å². The van der Waals surface area contributed by atoms with Gasteiger partial charge in [0.2, 0.25) is 0 Å². The molecule has 0 aromatic heterocycles. The van der Waals surface area contributed by atoms with Crippen LogP contribution in [-0.2, 0) is 0 Å². The molecule has 0 amide bonds. The van der Waals surface area contributed by atoms with E-state index in [1.165, 1.54) is 5.56 Å². The molecule has 0 radical (unpaired) electrons. The zero-order valence-corrected chi connectivity index (χ0v) is 8.39. The fraction of sp³-hybridized carbons (Fsp3) is 0.333. The van der Waals surface area contributed by atoms with Crippen LogP contribution in [0.3, 0.4) is 0 Å². The zero-order chi connectivity index (χ0) is 8.72. The molecule has 0 saturated heterocycles. The van der Waals surface area contributed by atoms with E-state index < -0.39 is 0 Å². The average Bonchev–Trinajstić information content (AvgIpc) is 2.41. The summed E-state index contributed by atoms with van der Waals surface area (Å²) in [6, 6.07) is 4.13. The third kappa shape index (κ3) is 1.04. The highest BCUT2D eigenvalue weighted by Gasteiger charge is 2.23. The Balaban J connectivity index is 2.60. The predicted molar refractivity (Wildman–Crippen MR) is 51.3 cm³/mol. The van der Waals surface area contributed by atoms with Crippen molar-refractivity contribution in [3.8, 4) is 5.75 Å². The molecule has 1 aromatic rings. The highest BCUT2D eigenvalue weighted by molar-refractivity contribution is 9.10. The topological polar surface area (TPSA) is 35.2 Å². The van der Waals surface area contributed by atoms with E-state index in [-0.39, 0.29) is 6.04 Å². The molecule has 2 rings (SSSR count). The second-order valence-electron chi connectivity index (χ2n) is 3.03. The second-order valence-corrected chi connectivity index (χ2v) is 3.83. The standard InChI is InChI=1S/C9H10BrNO/c1-5-2-3-6-7(11)4-12-9(6)8(5)10/h2-3,7H,4,11H2,1H3. The molecule has 3 heteroatoms. The number of fused-ring (bicyclic) bond motifs is 1. The maximum atomic E-state index is 5.82. The molecule has 2 nitrogen and oxygen atoms in total. The number of aryl methyl sites for hydroxylation is 1. The summed E-state index contributed by atoms with van der Waals surface area (Å²) in [6.07, 6.45) is 0. The fourth-order valence-electron chi connectivity index (χ4n) is 1.37. The molecule has 0 spiro atoms. The lowest BCUT2D eigenvalue weighted by molar-refractivity contribution is 0.331. The molecule has 1 unspecified atom stereocenters. The van der Waals surface area contributed by atoms with Crippen LogP contribution < -0.4 is 10.5 Å². The van der Waals surface area contributed by atoms with Gasteiger partial charge in [-0.2, -0.15) is 0 Å². The van der Waals surface area contributed by atoms with Gasteiger partial charge in [-0.05, 0) is 28.4 Å². The number of ether oxygens (including phenoxy) is 1. The van der Waals surface area contributed by atoms with Crippen LogP contribution in [0, 0.1) is 6.92 Å². The molecule has 0 aliphatic carbocycles. The van der Waals surface area contributed by atoms with E-state index in [4.69, 9.17) is 10.5 Å². The van der Waals surface area contributed by atoms with E-state index in [1.54, 1.807) is 0 Å². The number of hydrogen-bond donors (Lipinski definition) is 1. The van der Waals surface area contributed by atoms with Gasteiger partial charge in [-0.25, -0.2) is 0 Å². The van der Waals surface area contributed by atoms with E-state index in [9.17, 15) is 0 Å². The Hall–Kier alpha value is -0.540. The van der Waals surface area contributed by atoms with Crippen molar-refractivity contribution in [2.24, 2.45) is 5.73 Å². The minimum Gasteiger partial charge on any atom is -0.490 e. The van der Waals surface area contributed by atoms with Crippen LogP contribution in [0.2, 0.25) is 0 Å². The minimum absolute atomic E-state index is 0.0388. The smallest absolute Gasteiger partial charge is 0.138 e. The lowest BCUT2D eigenvalue weighted by Gasteiger charge is -2.04. The molecular formula is C9H10BrNO. The maximum absolute atomic E-state index is 5.82. The molecule has 0 bridgehead atoms. The molecule has 0 saturated carbocycles. The Morgan fingerprint density at radius 1 is 1.58 bits per heavy atom. The number of hydrogen-bond acceptors (Lipinski definition) is 2. The highest BCUT2D eigenvalue weighted by Crippen LogP contribution is 2.39. The van der Waals surface area contributed by atoms with Gasteiger partial charge in [-0.3, -0.25) is 0 Å². The number of halogens is 1. The normalized spacial score (nSPS) is 20.4. The Morgan fingerprint density at radius 2 is 2.33 bits per heavy atom. The summed E-state index contributed by atoms with van der Waals surface area (Å²) in [4.78, 5) is 0. The summed E-state index contributed by atoms with van der Waals surface area (Å²) in [5.41, 5.74) is 8.11. The first-order valence-electron chi connectivity index (χ1n) is 3.87. The van der Waals surface area contributed by atoms with E-state index >= 15 is 0 Å². The van der Waals surface area contributed by atoms with Gasteiger partial charge in [-0.1, -0.05) is 12.1 Å². The van der Waals surface area contributed by atoms with Crippen LogP contribution >= 0.6 is 15.9 Å². The van der Waals surface area contributed by atoms with Gasteiger partial charge in [-0.15, -0.1) is 0 Å². The summed E-state index contributed by atoms with van der Waals surface area (Å²) < 4.78 is 6.49. The second kappa shape index (κ2) is 2.75. The molecule has 1 atom stereocenters. The van der Waals surface area contributed by atoms with Crippen molar-refractivity contribution >= 4 is 15.9 Å². The first-order chi connectivity index (χ1) is 5.70. The fourth-order valence-corrected chi connectivity index (χ4v) is 1.85. The first kappa shape index (κ1) is 8.08. The summed E-state index contributed by atoms with van der Waals surface area (Å²) in [6.45, 7) is 2.63. The van der Waals surface area contributed by atoms with E-state index in [2.05, 4.69) is 22.0 Å². The van der Waals surface area contributed by atoms with Crippen LogP contribution in [0.4, 0.5) is 0 Å². The average molecular weight is 228 g/mol. The summed E-state index contributed by atoms with van der Waals surface area (Å²) >= 11 is 3.48. The third-order valence-electron chi connectivity index (χ3n) is 2.13. The van der Waals surface area contributed by atoms with Gasteiger partial charge < -0.3 is 10.5 Å². The molecule has 12 heavy (non-hydrogen) atoms. The number of nitrogens with two attached hydrogens (primary N) is 1. The lowest BCUT2D eigenvalue weighted by atomic mass is 10.1. The quantitative estimate of drug-likeness (QED) is 0.738. The van der Waals surface area contributed by atoms with Crippen molar-refractivity contribution in [2.45, 2.75) is 13.0 Å². The Bertz CT molecular complexity index is 325. The molecular weight excluding hydrogens is 218 g/mol. The van der Waals surface area contributed by atoms with Gasteiger partial charge in [0.15, 0.2) is 0 Å². The van der Waals surface area contributed by atoms with Gasteiger partial charge in [0.1, 0.15) is 12.4 Å². The Labute approximate surface area is 79.8 Å². The largest absolute Gasteiger partial charge is 0.490 e. The van der Waals surface area contributed by atoms with Crippen LogP contribution in [0.1, 0.15) is 17.2 Å². The summed E-state index contributed by atoms with van der Waals surface area (Å²) in [5, 5.41) is 0. The van der Waals surface area contributed by atoms with Crippen LogP contribution in [0.25, 0.3) is 0 Å². The van der Waals surface area contributed by atoms with Gasteiger partial charge in [0.05, 0.1) is 10.5 Å². The maximum Gasteiger partial charge on any atom is 0.138 e. The SMILES string of the molecule is Cc1ccc2c(c1Br)OCC2N. The molecule has 1 heterocycles. The van der Waals surface area contributed by atoms with Crippen molar-refractivity contribution in [1.29, 1.82) is 0 Å². The van der Waals surface area contributed by atoms with Gasteiger partial charge in [0, 0.05) is 5.56 Å². The highest BCUT2D eigenvalue weighted by atomic mass is 79.9. The predicted octanol–water partition coefficient (Wildman–Crippen LogP) is 2.15. The Kier molecular flexibility index (Phi) is 1.85. The molecule has 0 fully saturated rings. The lowest BCUT2D eigenvalue weighted by Crippen LogP contribution is -2.10. The molecule has 64 valence electrons. The minimum atomic E-state index is 0.0388. The number of rotatable bonds is 0. The third-order valence-corrected chi connectivity index (χ3v) is 3.11. The van der Waals surface area contributed by atoms with Crippen LogP contribution in [0.15, 0.2) is 16.6 Å². The monoisotopic (exact) mass is 227 g/mol. The van der Waals surface area contributed by atoms with Crippen LogP contribution in [0.5, 0.6) is 5.75 Å². The molecule has 1 aliphatic heterocycles. The first-order valence-corrected chi connectivity index (χ1v) is 4.67. The number of benzene rings is 1. The van der Waals surface area contributed by atoms with Crippen molar-refractivity contribution in [3.63, 3.8) is 0 Å². The summed E-state index contributed by atoms with van der Waals surface area (Å²) in [5.74, 6) is 0.919.